The van der Waals surface area contributed by atoms with Gasteiger partial charge in [0.1, 0.15) is 5.60 Å². The monoisotopic (exact) mass is 520 g/mol. The Hall–Kier alpha value is -2.54. The molecule has 0 aliphatic heterocycles. The standard InChI is InChI=1S/C33H44O5/c1-2-3-4-14-21-34-22-23-35-24-25-36-26-27-37-28-29-38-33(30-15-8-5-9-16-30,31-17-10-6-11-18-31)32-19-12-7-13-20-32/h5-13,15-20H,2-4,14,21-29H2,1H3. The van der Waals surface area contributed by atoms with E-state index in [1.165, 1.54) is 19.3 Å². The van der Waals surface area contributed by atoms with Crippen LogP contribution in [0.3, 0.4) is 0 Å². The first kappa shape index (κ1) is 30.0. The van der Waals surface area contributed by atoms with Crippen LogP contribution >= 0.6 is 0 Å². The SMILES string of the molecule is CCCCCCOCCOCCOCCOCCOC(c1ccccc1)(c1ccccc1)c1ccccc1. The molecule has 0 N–H and O–H groups in total. The number of ether oxygens (including phenoxy) is 5. The third kappa shape index (κ3) is 9.97. The van der Waals surface area contributed by atoms with Crippen LogP contribution in [-0.2, 0) is 29.3 Å². The van der Waals surface area contributed by atoms with Crippen LogP contribution in [0.2, 0.25) is 0 Å². The van der Waals surface area contributed by atoms with Crippen LogP contribution in [0.4, 0.5) is 0 Å². The molecule has 0 saturated carbocycles. The summed E-state index contributed by atoms with van der Waals surface area (Å²) >= 11 is 0. The van der Waals surface area contributed by atoms with Crippen LogP contribution < -0.4 is 0 Å². The summed E-state index contributed by atoms with van der Waals surface area (Å²) < 4.78 is 29.3. The molecule has 0 aliphatic carbocycles. The summed E-state index contributed by atoms with van der Waals surface area (Å²) in [5.74, 6) is 0. The molecule has 0 aromatic heterocycles. The Kier molecular flexibility index (Phi) is 14.7. The first-order valence-corrected chi connectivity index (χ1v) is 14.0. The fourth-order valence-corrected chi connectivity index (χ4v) is 4.41. The fraction of sp³-hybridized carbons (Fsp3) is 0.455. The molecule has 0 aliphatic rings. The summed E-state index contributed by atoms with van der Waals surface area (Å²) in [6.07, 6.45) is 4.91. The van der Waals surface area contributed by atoms with Crippen molar-refractivity contribution in [3.05, 3.63) is 108 Å². The fourth-order valence-electron chi connectivity index (χ4n) is 4.41. The first-order chi connectivity index (χ1) is 18.9. The average molecular weight is 521 g/mol. The van der Waals surface area contributed by atoms with Gasteiger partial charge in [-0.25, -0.2) is 0 Å². The van der Waals surface area contributed by atoms with Gasteiger partial charge in [-0.3, -0.25) is 0 Å². The third-order valence-electron chi connectivity index (χ3n) is 6.35. The van der Waals surface area contributed by atoms with Crippen molar-refractivity contribution in [2.75, 3.05) is 59.5 Å². The minimum Gasteiger partial charge on any atom is -0.379 e. The van der Waals surface area contributed by atoms with E-state index in [4.69, 9.17) is 23.7 Å². The van der Waals surface area contributed by atoms with Gasteiger partial charge in [0.25, 0.3) is 0 Å². The molecule has 5 heteroatoms. The average Bonchev–Trinajstić information content (AvgIpc) is 2.98. The second kappa shape index (κ2) is 18.7. The zero-order valence-corrected chi connectivity index (χ0v) is 22.9. The Balaban J connectivity index is 1.38. The maximum atomic E-state index is 6.71. The maximum Gasteiger partial charge on any atom is 0.143 e. The van der Waals surface area contributed by atoms with Crippen LogP contribution in [-0.4, -0.2) is 59.5 Å². The van der Waals surface area contributed by atoms with Crippen molar-refractivity contribution in [1.82, 2.24) is 0 Å². The molecule has 0 spiro atoms. The van der Waals surface area contributed by atoms with Gasteiger partial charge in [0.05, 0.1) is 52.9 Å². The molecule has 0 atom stereocenters. The molecule has 0 radical (unpaired) electrons. The van der Waals surface area contributed by atoms with Gasteiger partial charge < -0.3 is 23.7 Å². The Morgan fingerprint density at radius 2 is 0.789 bits per heavy atom. The molecule has 0 amide bonds. The normalized spacial score (nSPS) is 11.6. The lowest BCUT2D eigenvalue weighted by atomic mass is 9.80. The molecule has 0 saturated heterocycles. The second-order valence-corrected chi connectivity index (χ2v) is 9.14. The molecule has 3 rings (SSSR count). The summed E-state index contributed by atoms with van der Waals surface area (Å²) in [6, 6.07) is 31.1. The van der Waals surface area contributed by atoms with Gasteiger partial charge in [0.15, 0.2) is 0 Å². The molecular weight excluding hydrogens is 476 g/mol. The first-order valence-electron chi connectivity index (χ1n) is 14.0. The van der Waals surface area contributed by atoms with Crippen molar-refractivity contribution in [3.63, 3.8) is 0 Å². The summed E-state index contributed by atoms with van der Waals surface area (Å²) in [7, 11) is 0. The smallest absolute Gasteiger partial charge is 0.143 e. The van der Waals surface area contributed by atoms with Crippen molar-refractivity contribution in [2.45, 2.75) is 38.2 Å². The lowest BCUT2D eigenvalue weighted by molar-refractivity contribution is -0.0384. The van der Waals surface area contributed by atoms with E-state index < -0.39 is 5.60 Å². The Labute approximate surface area is 229 Å². The second-order valence-electron chi connectivity index (χ2n) is 9.14. The summed E-state index contributed by atoms with van der Waals surface area (Å²) in [5, 5.41) is 0. The van der Waals surface area contributed by atoms with Crippen LogP contribution in [0.1, 0.15) is 49.3 Å². The highest BCUT2D eigenvalue weighted by atomic mass is 16.6. The van der Waals surface area contributed by atoms with Crippen LogP contribution in [0.15, 0.2) is 91.0 Å². The zero-order valence-electron chi connectivity index (χ0n) is 22.9. The van der Waals surface area contributed by atoms with Crippen LogP contribution in [0.5, 0.6) is 0 Å². The van der Waals surface area contributed by atoms with Crippen molar-refractivity contribution in [1.29, 1.82) is 0 Å². The number of hydrogen-bond donors (Lipinski definition) is 0. The van der Waals surface area contributed by atoms with Crippen LogP contribution in [0, 0.1) is 0 Å². The number of benzene rings is 3. The summed E-state index contributed by atoms with van der Waals surface area (Å²) in [5.41, 5.74) is 2.54. The van der Waals surface area contributed by atoms with Crippen molar-refractivity contribution < 1.29 is 23.7 Å². The quantitative estimate of drug-likeness (QED) is 0.116. The number of rotatable bonds is 21. The van der Waals surface area contributed by atoms with Crippen molar-refractivity contribution >= 4 is 0 Å². The molecule has 0 bridgehead atoms. The van der Waals surface area contributed by atoms with Crippen molar-refractivity contribution in [3.8, 4) is 0 Å². The van der Waals surface area contributed by atoms with Gasteiger partial charge >= 0.3 is 0 Å². The molecule has 3 aromatic carbocycles. The molecular formula is C33H44O5. The number of unbranched alkanes of at least 4 members (excludes halogenated alkanes) is 3. The lowest BCUT2D eigenvalue weighted by Crippen LogP contribution is -2.34. The Morgan fingerprint density at radius 1 is 0.421 bits per heavy atom. The number of hydrogen-bond acceptors (Lipinski definition) is 5. The summed E-state index contributed by atoms with van der Waals surface area (Å²) in [4.78, 5) is 0. The minimum atomic E-state index is -0.722. The molecule has 3 aromatic rings. The molecule has 0 fully saturated rings. The molecule has 38 heavy (non-hydrogen) atoms. The van der Waals surface area contributed by atoms with E-state index >= 15 is 0 Å². The third-order valence-corrected chi connectivity index (χ3v) is 6.35. The van der Waals surface area contributed by atoms with E-state index in [1.807, 2.05) is 18.2 Å². The minimum absolute atomic E-state index is 0.445. The highest BCUT2D eigenvalue weighted by Crippen LogP contribution is 2.40. The van der Waals surface area contributed by atoms with Crippen molar-refractivity contribution in [2.24, 2.45) is 0 Å². The van der Waals surface area contributed by atoms with Gasteiger partial charge in [0, 0.05) is 6.61 Å². The van der Waals surface area contributed by atoms with Crippen LogP contribution in [0.25, 0.3) is 0 Å². The van der Waals surface area contributed by atoms with E-state index in [2.05, 4.69) is 79.7 Å². The van der Waals surface area contributed by atoms with E-state index in [0.717, 1.165) is 29.7 Å². The van der Waals surface area contributed by atoms with Gasteiger partial charge in [0.2, 0.25) is 0 Å². The molecule has 0 heterocycles. The van der Waals surface area contributed by atoms with Gasteiger partial charge in [-0.1, -0.05) is 117 Å². The van der Waals surface area contributed by atoms with E-state index in [1.54, 1.807) is 0 Å². The largest absolute Gasteiger partial charge is 0.379 e. The Morgan fingerprint density at radius 3 is 1.18 bits per heavy atom. The highest BCUT2D eigenvalue weighted by Gasteiger charge is 2.37. The molecule has 0 unspecified atom stereocenters. The topological polar surface area (TPSA) is 46.2 Å². The predicted molar refractivity (Wildman–Crippen MR) is 153 cm³/mol. The molecule has 5 nitrogen and oxygen atoms in total. The van der Waals surface area contributed by atoms with Gasteiger partial charge in [-0.05, 0) is 23.1 Å². The van der Waals surface area contributed by atoms with E-state index in [9.17, 15) is 0 Å². The predicted octanol–water partition coefficient (Wildman–Crippen LogP) is 6.64. The van der Waals surface area contributed by atoms with E-state index in [-0.39, 0.29) is 0 Å². The van der Waals surface area contributed by atoms with E-state index in [0.29, 0.717) is 52.9 Å². The lowest BCUT2D eigenvalue weighted by Gasteiger charge is -2.36. The Bertz CT molecular complexity index is 852. The summed E-state index contributed by atoms with van der Waals surface area (Å²) in [6.45, 7) is 7.37. The van der Waals surface area contributed by atoms with Gasteiger partial charge in [-0.15, -0.1) is 0 Å². The maximum absolute atomic E-state index is 6.71. The van der Waals surface area contributed by atoms with Gasteiger partial charge in [-0.2, -0.15) is 0 Å². The zero-order chi connectivity index (χ0) is 26.6. The highest BCUT2D eigenvalue weighted by molar-refractivity contribution is 5.47. The molecule has 206 valence electrons.